The van der Waals surface area contributed by atoms with Crippen molar-refractivity contribution >= 4 is 28.3 Å². The van der Waals surface area contributed by atoms with Crippen molar-refractivity contribution in [3.05, 3.63) is 38.2 Å². The highest BCUT2D eigenvalue weighted by Crippen LogP contribution is 2.24. The lowest BCUT2D eigenvalue weighted by atomic mass is 10.2. The Labute approximate surface area is 154 Å². The molecule has 2 aromatic rings. The van der Waals surface area contributed by atoms with Crippen molar-refractivity contribution in [1.82, 2.24) is 19.7 Å². The van der Waals surface area contributed by atoms with E-state index in [4.69, 9.17) is 0 Å². The Kier molecular flexibility index (Phi) is 4.90. The Morgan fingerprint density at radius 2 is 2.08 bits per heavy atom. The second-order valence-electron chi connectivity index (χ2n) is 6.55. The molecule has 0 aliphatic heterocycles. The minimum atomic E-state index is -0.773. The number of rotatable bonds is 4. The fraction of sp³-hybridized carbons (Fsp3) is 0.471. The van der Waals surface area contributed by atoms with E-state index in [1.165, 1.54) is 9.58 Å². The SMILES string of the molecule is Cc1nc(NC(=O)C(C)n2nc3c(cc2=O)CCC3)sc1C(=O)N(C)C. The summed E-state index contributed by atoms with van der Waals surface area (Å²) < 4.78 is 1.21. The van der Waals surface area contributed by atoms with E-state index in [2.05, 4.69) is 15.4 Å². The smallest absolute Gasteiger partial charge is 0.267 e. The predicted octanol–water partition coefficient (Wildman–Crippen LogP) is 1.40. The van der Waals surface area contributed by atoms with Crippen LogP contribution in [0.4, 0.5) is 5.13 Å². The fourth-order valence-electron chi connectivity index (χ4n) is 2.87. The molecule has 2 heterocycles. The summed E-state index contributed by atoms with van der Waals surface area (Å²) in [6, 6.07) is 0.797. The zero-order chi connectivity index (χ0) is 19.0. The number of aryl methyl sites for hydroxylation is 3. The van der Waals surface area contributed by atoms with Crippen molar-refractivity contribution in [1.29, 1.82) is 0 Å². The van der Waals surface area contributed by atoms with Gasteiger partial charge in [0.05, 0.1) is 11.4 Å². The first-order valence-corrected chi connectivity index (χ1v) is 9.21. The van der Waals surface area contributed by atoms with Crippen LogP contribution in [0.3, 0.4) is 0 Å². The van der Waals surface area contributed by atoms with E-state index in [9.17, 15) is 14.4 Å². The van der Waals surface area contributed by atoms with Crippen LogP contribution in [-0.2, 0) is 17.6 Å². The second kappa shape index (κ2) is 6.99. The molecular formula is C17H21N5O3S. The summed E-state index contributed by atoms with van der Waals surface area (Å²) in [5.74, 6) is -0.555. The second-order valence-corrected chi connectivity index (χ2v) is 7.55. The average Bonchev–Trinajstić information content (AvgIpc) is 3.18. The Morgan fingerprint density at radius 3 is 2.77 bits per heavy atom. The Balaban J connectivity index is 1.79. The Morgan fingerprint density at radius 1 is 1.35 bits per heavy atom. The lowest BCUT2D eigenvalue weighted by molar-refractivity contribution is -0.119. The van der Waals surface area contributed by atoms with Crippen LogP contribution in [0.1, 0.15) is 46.0 Å². The highest BCUT2D eigenvalue weighted by Gasteiger charge is 2.23. The quantitative estimate of drug-likeness (QED) is 0.871. The maximum absolute atomic E-state index is 12.6. The molecule has 1 aliphatic carbocycles. The predicted molar refractivity (Wildman–Crippen MR) is 98.7 cm³/mol. The summed E-state index contributed by atoms with van der Waals surface area (Å²) in [7, 11) is 3.32. The maximum atomic E-state index is 12.6. The molecule has 0 bridgehead atoms. The molecule has 1 atom stereocenters. The molecule has 0 fully saturated rings. The first-order valence-electron chi connectivity index (χ1n) is 8.39. The van der Waals surface area contributed by atoms with Crippen LogP contribution in [0.5, 0.6) is 0 Å². The molecule has 0 aromatic carbocycles. The van der Waals surface area contributed by atoms with Crippen molar-refractivity contribution in [3.8, 4) is 0 Å². The van der Waals surface area contributed by atoms with Crippen molar-refractivity contribution in [2.75, 3.05) is 19.4 Å². The number of hydrogen-bond donors (Lipinski definition) is 1. The number of hydrogen-bond acceptors (Lipinski definition) is 6. The van der Waals surface area contributed by atoms with E-state index in [1.807, 2.05) is 0 Å². The van der Waals surface area contributed by atoms with Gasteiger partial charge in [0.15, 0.2) is 5.13 Å². The summed E-state index contributed by atoms with van der Waals surface area (Å²) >= 11 is 1.12. The molecular weight excluding hydrogens is 354 g/mol. The van der Waals surface area contributed by atoms with Gasteiger partial charge in [-0.1, -0.05) is 11.3 Å². The van der Waals surface area contributed by atoms with Crippen molar-refractivity contribution in [2.24, 2.45) is 0 Å². The third-order valence-electron chi connectivity index (χ3n) is 4.36. The van der Waals surface area contributed by atoms with Crippen LogP contribution in [-0.4, -0.2) is 45.6 Å². The summed E-state index contributed by atoms with van der Waals surface area (Å²) in [4.78, 5) is 43.1. The van der Waals surface area contributed by atoms with E-state index in [-0.39, 0.29) is 11.5 Å². The fourth-order valence-corrected chi connectivity index (χ4v) is 3.86. The zero-order valence-corrected chi connectivity index (χ0v) is 16.0. The van der Waals surface area contributed by atoms with Gasteiger partial charge in [-0.05, 0) is 38.7 Å². The molecule has 0 radical (unpaired) electrons. The number of fused-ring (bicyclic) bond motifs is 1. The molecule has 0 saturated carbocycles. The van der Waals surface area contributed by atoms with E-state index in [1.54, 1.807) is 34.0 Å². The van der Waals surface area contributed by atoms with Crippen molar-refractivity contribution < 1.29 is 9.59 Å². The molecule has 3 rings (SSSR count). The van der Waals surface area contributed by atoms with Gasteiger partial charge in [-0.15, -0.1) is 0 Å². The average molecular weight is 375 g/mol. The molecule has 2 amide bonds. The summed E-state index contributed by atoms with van der Waals surface area (Å²) in [5, 5.41) is 7.38. The lowest BCUT2D eigenvalue weighted by Gasteiger charge is -2.14. The van der Waals surface area contributed by atoms with E-state index in [0.717, 1.165) is 41.9 Å². The molecule has 0 spiro atoms. The summed E-state index contributed by atoms with van der Waals surface area (Å²) in [6.07, 6.45) is 2.67. The minimum absolute atomic E-state index is 0.162. The molecule has 26 heavy (non-hydrogen) atoms. The lowest BCUT2D eigenvalue weighted by Crippen LogP contribution is -2.33. The third kappa shape index (κ3) is 3.39. The van der Waals surface area contributed by atoms with Gasteiger partial charge in [0.25, 0.3) is 17.4 Å². The molecule has 1 N–H and O–H groups in total. The van der Waals surface area contributed by atoms with Gasteiger partial charge in [-0.2, -0.15) is 5.10 Å². The molecule has 1 unspecified atom stereocenters. The summed E-state index contributed by atoms with van der Waals surface area (Å²) in [5.41, 5.74) is 2.13. The number of carbonyl (C=O) groups excluding carboxylic acids is 2. The van der Waals surface area contributed by atoms with Crippen molar-refractivity contribution in [3.63, 3.8) is 0 Å². The normalized spacial score (nSPS) is 14.0. The zero-order valence-electron chi connectivity index (χ0n) is 15.2. The first-order chi connectivity index (χ1) is 12.3. The number of nitrogens with zero attached hydrogens (tertiary/aromatic N) is 4. The van der Waals surface area contributed by atoms with Gasteiger partial charge >= 0.3 is 0 Å². The van der Waals surface area contributed by atoms with E-state index in [0.29, 0.717) is 15.7 Å². The van der Waals surface area contributed by atoms with Gasteiger partial charge in [0.2, 0.25) is 0 Å². The highest BCUT2D eigenvalue weighted by molar-refractivity contribution is 7.17. The number of aromatic nitrogens is 3. The molecule has 8 nitrogen and oxygen atoms in total. The van der Waals surface area contributed by atoms with Crippen LogP contribution in [0.2, 0.25) is 0 Å². The van der Waals surface area contributed by atoms with Crippen LogP contribution >= 0.6 is 11.3 Å². The van der Waals surface area contributed by atoms with Gasteiger partial charge in [-0.3, -0.25) is 14.4 Å². The van der Waals surface area contributed by atoms with E-state index >= 15 is 0 Å². The number of anilines is 1. The standard InChI is InChI=1S/C17H21N5O3S/c1-9-14(16(25)21(3)4)26-17(18-9)19-15(24)10(2)22-13(23)8-11-6-5-7-12(11)20-22/h8,10H,5-7H2,1-4H3,(H,18,19,24). The van der Waals surface area contributed by atoms with Gasteiger partial charge < -0.3 is 10.2 Å². The number of carbonyl (C=O) groups is 2. The molecule has 138 valence electrons. The van der Waals surface area contributed by atoms with Crippen molar-refractivity contribution in [2.45, 2.75) is 39.2 Å². The molecule has 9 heteroatoms. The Bertz CT molecular complexity index is 931. The third-order valence-corrected chi connectivity index (χ3v) is 5.42. The van der Waals surface area contributed by atoms with Gasteiger partial charge in [-0.25, -0.2) is 9.67 Å². The Hall–Kier alpha value is -2.55. The number of thiazole rings is 1. The number of nitrogens with one attached hydrogen (secondary N) is 1. The molecule has 0 saturated heterocycles. The largest absolute Gasteiger partial charge is 0.344 e. The van der Waals surface area contributed by atoms with Crippen LogP contribution in [0.25, 0.3) is 0 Å². The minimum Gasteiger partial charge on any atom is -0.344 e. The topological polar surface area (TPSA) is 97.2 Å². The van der Waals surface area contributed by atoms with Crippen LogP contribution in [0.15, 0.2) is 10.9 Å². The maximum Gasteiger partial charge on any atom is 0.267 e. The van der Waals surface area contributed by atoms with Crippen LogP contribution in [0, 0.1) is 6.92 Å². The molecule has 1 aliphatic rings. The monoisotopic (exact) mass is 375 g/mol. The van der Waals surface area contributed by atoms with Gasteiger partial charge in [0.1, 0.15) is 10.9 Å². The molecule has 2 aromatic heterocycles. The summed E-state index contributed by atoms with van der Waals surface area (Å²) in [6.45, 7) is 3.34. The van der Waals surface area contributed by atoms with E-state index < -0.39 is 11.9 Å². The van der Waals surface area contributed by atoms with Gasteiger partial charge in [0, 0.05) is 20.2 Å². The first kappa shape index (κ1) is 18.2. The number of amides is 2. The van der Waals surface area contributed by atoms with Crippen LogP contribution < -0.4 is 10.9 Å². The highest BCUT2D eigenvalue weighted by atomic mass is 32.1.